The Bertz CT molecular complexity index is 1530. The fraction of sp³-hybridized carbons (Fsp3) is 0.979. The lowest BCUT2D eigenvalue weighted by atomic mass is 9.74. The first kappa shape index (κ1) is 48.9. The van der Waals surface area contributed by atoms with E-state index >= 15 is 0 Å². The highest BCUT2D eigenvalue weighted by Crippen LogP contribution is 2.57. The lowest BCUT2D eigenvalue weighted by molar-refractivity contribution is -0.364. The number of carboxylic acid groups (broad SMARTS) is 1. The third kappa shape index (κ3) is 8.69. The highest BCUT2D eigenvalue weighted by atomic mass is 16.8. The van der Waals surface area contributed by atoms with Gasteiger partial charge in [0.05, 0.1) is 73.2 Å². The average Bonchev–Trinajstić information content (AvgIpc) is 3.96. The van der Waals surface area contributed by atoms with Crippen molar-refractivity contribution < 1.29 is 72.2 Å². The zero-order valence-electron chi connectivity index (χ0n) is 39.7. The minimum absolute atomic E-state index is 0.0262. The number of aliphatic carboxylic acids is 1. The van der Waals surface area contributed by atoms with E-state index in [1.165, 1.54) is 6.92 Å². The molecule has 24 atom stereocenters. The van der Waals surface area contributed by atoms with Gasteiger partial charge in [0.25, 0.3) is 0 Å². The maximum atomic E-state index is 12.3. The van der Waals surface area contributed by atoms with Gasteiger partial charge in [-0.1, -0.05) is 41.5 Å². The monoisotopic (exact) mass is 885 g/mol. The third-order valence-corrected chi connectivity index (χ3v) is 17.0. The van der Waals surface area contributed by atoms with Crippen molar-refractivity contribution >= 4 is 5.97 Å². The van der Waals surface area contributed by atoms with Crippen LogP contribution < -0.4 is 0 Å². The van der Waals surface area contributed by atoms with E-state index in [9.17, 15) is 20.1 Å². The van der Waals surface area contributed by atoms with Gasteiger partial charge in [-0.3, -0.25) is 4.79 Å². The van der Waals surface area contributed by atoms with E-state index in [0.29, 0.717) is 19.3 Å². The van der Waals surface area contributed by atoms with Crippen LogP contribution >= 0.6 is 0 Å². The van der Waals surface area contributed by atoms with E-state index in [-0.39, 0.29) is 78.4 Å². The maximum Gasteiger partial charge on any atom is 0.311 e. The number of carboxylic acids is 1. The summed E-state index contributed by atoms with van der Waals surface area (Å²) in [7, 11) is 5.01. The molecule has 3 N–H and O–H groups in total. The van der Waals surface area contributed by atoms with Crippen molar-refractivity contribution in [1.82, 2.24) is 0 Å². The lowest BCUT2D eigenvalue weighted by Gasteiger charge is -2.53. The van der Waals surface area contributed by atoms with Crippen molar-refractivity contribution in [1.29, 1.82) is 0 Å². The number of hydrogen-bond donors (Lipinski definition) is 3. The van der Waals surface area contributed by atoms with Gasteiger partial charge in [0, 0.05) is 70.2 Å². The Balaban J connectivity index is 1.14. The molecule has 0 saturated carbocycles. The summed E-state index contributed by atoms with van der Waals surface area (Å²) < 4.78 is 72.9. The molecule has 0 aromatic heterocycles. The first-order chi connectivity index (χ1) is 29.1. The molecule has 7 fully saturated rings. The number of hydrogen-bond acceptors (Lipinski definition) is 14. The zero-order valence-corrected chi connectivity index (χ0v) is 39.7. The fourth-order valence-electron chi connectivity index (χ4n) is 12.8. The molecule has 0 aliphatic carbocycles. The predicted molar refractivity (Wildman–Crippen MR) is 225 cm³/mol. The van der Waals surface area contributed by atoms with Crippen LogP contribution in [0.15, 0.2) is 0 Å². The van der Waals surface area contributed by atoms with Crippen LogP contribution in [0.5, 0.6) is 0 Å². The molecular weight excluding hydrogens is 805 g/mol. The predicted octanol–water partition coefficient (Wildman–Crippen LogP) is 5.82. The van der Waals surface area contributed by atoms with E-state index in [1.807, 2.05) is 20.8 Å². The van der Waals surface area contributed by atoms with Crippen LogP contribution in [0.1, 0.15) is 127 Å². The van der Waals surface area contributed by atoms with E-state index in [0.717, 1.165) is 38.5 Å². The Morgan fingerprint density at radius 1 is 0.742 bits per heavy atom. The van der Waals surface area contributed by atoms with Crippen LogP contribution in [0.25, 0.3) is 0 Å². The quantitative estimate of drug-likeness (QED) is 0.213. The molecule has 15 nitrogen and oxygen atoms in total. The molecule has 7 aliphatic rings. The SMILES string of the molecule is COC1CCC(OC2C(C)C3(OC(CC4OC(O)(C(C)C(=O)O)C(C)C(OC)C4C)CC(OC)C3C)OC2(C)C2CCC(C3CCC(C4OC(C)(O)C(C)CC4C)O3)O2)OC1C. The largest absolute Gasteiger partial charge is 0.481 e. The zero-order chi connectivity index (χ0) is 45.3. The molecule has 0 radical (unpaired) electrons. The van der Waals surface area contributed by atoms with Crippen molar-refractivity contribution in [3.63, 3.8) is 0 Å². The van der Waals surface area contributed by atoms with E-state index < -0.39 is 71.5 Å². The summed E-state index contributed by atoms with van der Waals surface area (Å²) in [5, 5.41) is 32.9. The molecule has 7 heterocycles. The average molecular weight is 885 g/mol. The molecular formula is C47H80O15. The second kappa shape index (κ2) is 18.6. The Morgan fingerprint density at radius 2 is 1.40 bits per heavy atom. The van der Waals surface area contributed by atoms with Crippen molar-refractivity contribution in [3.8, 4) is 0 Å². The van der Waals surface area contributed by atoms with Crippen LogP contribution in [0, 0.1) is 41.4 Å². The van der Waals surface area contributed by atoms with Gasteiger partial charge in [-0.2, -0.15) is 0 Å². The van der Waals surface area contributed by atoms with Crippen LogP contribution in [0.2, 0.25) is 0 Å². The van der Waals surface area contributed by atoms with Crippen LogP contribution in [0.3, 0.4) is 0 Å². The molecule has 358 valence electrons. The number of rotatable bonds is 12. The molecule has 7 rings (SSSR count). The molecule has 0 bridgehead atoms. The minimum Gasteiger partial charge on any atom is -0.481 e. The van der Waals surface area contributed by atoms with E-state index in [1.54, 1.807) is 35.2 Å². The van der Waals surface area contributed by atoms with Gasteiger partial charge in [-0.25, -0.2) is 0 Å². The van der Waals surface area contributed by atoms with Gasteiger partial charge in [0.2, 0.25) is 0 Å². The summed E-state index contributed by atoms with van der Waals surface area (Å²) >= 11 is 0. The summed E-state index contributed by atoms with van der Waals surface area (Å²) in [6, 6.07) is 0. The van der Waals surface area contributed by atoms with Crippen LogP contribution in [0.4, 0.5) is 0 Å². The second-order valence-electron chi connectivity index (χ2n) is 20.8. The van der Waals surface area contributed by atoms with Crippen LogP contribution in [-0.4, -0.2) is 145 Å². The summed E-state index contributed by atoms with van der Waals surface area (Å²) in [4.78, 5) is 12.3. The summed E-state index contributed by atoms with van der Waals surface area (Å²) in [6.45, 7) is 19.6. The van der Waals surface area contributed by atoms with Gasteiger partial charge < -0.3 is 67.4 Å². The smallest absolute Gasteiger partial charge is 0.311 e. The van der Waals surface area contributed by atoms with E-state index in [2.05, 4.69) is 27.7 Å². The van der Waals surface area contributed by atoms with Gasteiger partial charge in [-0.05, 0) is 72.1 Å². The summed E-state index contributed by atoms with van der Waals surface area (Å²) in [5.74, 6) is -7.74. The van der Waals surface area contributed by atoms with E-state index in [4.69, 9.17) is 52.1 Å². The number of aliphatic hydroxyl groups is 2. The van der Waals surface area contributed by atoms with Gasteiger partial charge in [-0.15, -0.1) is 0 Å². The van der Waals surface area contributed by atoms with Crippen molar-refractivity contribution in [2.75, 3.05) is 21.3 Å². The molecule has 15 heteroatoms. The molecule has 1 spiro atoms. The highest BCUT2D eigenvalue weighted by molar-refractivity contribution is 5.70. The number of ether oxygens (including phenoxy) is 11. The van der Waals surface area contributed by atoms with Gasteiger partial charge in [0.15, 0.2) is 23.7 Å². The Hall–Kier alpha value is -1.05. The summed E-state index contributed by atoms with van der Waals surface area (Å²) in [6.07, 6.45) is 2.41. The molecule has 0 aromatic rings. The molecule has 0 amide bonds. The minimum atomic E-state index is -1.96. The topological polar surface area (TPSA) is 179 Å². The first-order valence-electron chi connectivity index (χ1n) is 23.7. The molecule has 7 aliphatic heterocycles. The normalized spacial score (nSPS) is 54.2. The van der Waals surface area contributed by atoms with Crippen LogP contribution in [-0.2, 0) is 56.9 Å². The Labute approximate surface area is 369 Å². The fourth-order valence-corrected chi connectivity index (χ4v) is 12.8. The molecule has 7 saturated heterocycles. The maximum absolute atomic E-state index is 12.3. The van der Waals surface area contributed by atoms with Crippen molar-refractivity contribution in [3.05, 3.63) is 0 Å². The molecule has 24 unspecified atom stereocenters. The number of carbonyl (C=O) groups is 1. The number of methoxy groups -OCH3 is 3. The van der Waals surface area contributed by atoms with Gasteiger partial charge in [0.1, 0.15) is 11.5 Å². The highest BCUT2D eigenvalue weighted by Gasteiger charge is 2.69. The Kier molecular flexibility index (Phi) is 14.6. The first-order valence-corrected chi connectivity index (χ1v) is 23.7. The standard InChI is InChI=1S/C47H80O15/c1-23-20-24(2)45(10,50)61-40(23)35-15-14-33(56-35)34-16-18-38(57-34)44(9)42(58-39-19-17-32(52-11)30(8)55-39)28(6)47(62-44)26(4)37(53-12)22-31(59-47)21-36-25(3)41(54-13)27(5)46(51,60-36)29(7)43(48)49/h23-42,50-51H,14-22H2,1-13H3,(H,48,49). The van der Waals surface area contributed by atoms with Gasteiger partial charge >= 0.3 is 5.97 Å². The third-order valence-electron chi connectivity index (χ3n) is 17.0. The Morgan fingerprint density at radius 3 is 2.05 bits per heavy atom. The summed E-state index contributed by atoms with van der Waals surface area (Å²) in [5.41, 5.74) is -0.983. The van der Waals surface area contributed by atoms with Crippen molar-refractivity contribution in [2.24, 2.45) is 41.4 Å². The lowest BCUT2D eigenvalue weighted by Crippen LogP contribution is -2.63. The van der Waals surface area contributed by atoms with Crippen molar-refractivity contribution in [2.45, 2.75) is 230 Å². The molecule has 0 aromatic carbocycles. The molecule has 62 heavy (non-hydrogen) atoms. The second-order valence-corrected chi connectivity index (χ2v) is 20.8.